The van der Waals surface area contributed by atoms with E-state index in [0.29, 0.717) is 10.6 Å². The Morgan fingerprint density at radius 1 is 1.45 bits per heavy atom. The first-order chi connectivity index (χ1) is 10.4. The van der Waals surface area contributed by atoms with Crippen molar-refractivity contribution in [3.8, 4) is 0 Å². The average molecular weight is 318 g/mol. The van der Waals surface area contributed by atoms with Gasteiger partial charge < -0.3 is 16.0 Å². The molecule has 1 amide bonds. The summed E-state index contributed by atoms with van der Waals surface area (Å²) in [7, 11) is 3.47. The molecule has 0 spiro atoms. The molecule has 1 atom stereocenters. The molecule has 118 valence electrons. The first-order valence-corrected chi connectivity index (χ1v) is 8.36. The van der Waals surface area contributed by atoms with Crippen LogP contribution in [-0.4, -0.2) is 43.0 Å². The van der Waals surface area contributed by atoms with Crippen LogP contribution in [0.3, 0.4) is 0 Å². The summed E-state index contributed by atoms with van der Waals surface area (Å²) in [4.78, 5) is 20.0. The highest BCUT2D eigenvalue weighted by Crippen LogP contribution is 2.36. The van der Waals surface area contributed by atoms with E-state index >= 15 is 0 Å². The lowest BCUT2D eigenvalue weighted by molar-refractivity contribution is 0.0833. The van der Waals surface area contributed by atoms with Gasteiger partial charge in [0.05, 0.1) is 5.69 Å². The summed E-state index contributed by atoms with van der Waals surface area (Å²) in [5.41, 5.74) is 7.83. The van der Waals surface area contributed by atoms with E-state index in [2.05, 4.69) is 18.3 Å². The molecule has 3 N–H and O–H groups in total. The molecule has 6 heteroatoms. The van der Waals surface area contributed by atoms with Crippen molar-refractivity contribution in [2.24, 2.45) is 0 Å². The highest BCUT2D eigenvalue weighted by Gasteiger charge is 2.31. The zero-order chi connectivity index (χ0) is 15.9. The number of nitrogens with one attached hydrogen (secondary N) is 1. The van der Waals surface area contributed by atoms with E-state index in [1.165, 1.54) is 11.3 Å². The van der Waals surface area contributed by atoms with Crippen LogP contribution in [0.1, 0.15) is 35.1 Å². The number of thiophene rings is 1. The summed E-state index contributed by atoms with van der Waals surface area (Å²) in [6, 6.07) is 4.07. The maximum absolute atomic E-state index is 12.2. The van der Waals surface area contributed by atoms with Crippen LogP contribution in [0.4, 0.5) is 5.69 Å². The van der Waals surface area contributed by atoms with E-state index in [1.54, 1.807) is 19.0 Å². The van der Waals surface area contributed by atoms with Crippen LogP contribution in [0.25, 0.3) is 10.2 Å². The van der Waals surface area contributed by atoms with Crippen molar-refractivity contribution in [2.45, 2.75) is 25.2 Å². The lowest BCUT2D eigenvalue weighted by Crippen LogP contribution is -2.41. The molecule has 1 aliphatic heterocycles. The molecule has 2 aromatic rings. The van der Waals surface area contributed by atoms with Crippen LogP contribution in [-0.2, 0) is 5.41 Å². The lowest BCUT2D eigenvalue weighted by Gasteiger charge is -2.33. The standard InChI is InChI=1S/C16H22N4OS/c1-16(7-4-8-18-9-16)11-6-5-10-12(17)13(15(21)20(2)3)22-14(10)19-11/h5-6,18H,4,7-9,17H2,1-3H3. The Kier molecular flexibility index (Phi) is 3.82. The van der Waals surface area contributed by atoms with E-state index in [1.807, 2.05) is 6.07 Å². The van der Waals surface area contributed by atoms with Gasteiger partial charge in [-0.25, -0.2) is 4.98 Å². The summed E-state index contributed by atoms with van der Waals surface area (Å²) in [5.74, 6) is -0.0624. The van der Waals surface area contributed by atoms with Gasteiger partial charge in [-0.05, 0) is 31.5 Å². The number of nitrogen functional groups attached to an aromatic ring is 1. The monoisotopic (exact) mass is 318 g/mol. The molecule has 5 nitrogen and oxygen atoms in total. The van der Waals surface area contributed by atoms with Crippen molar-refractivity contribution in [1.29, 1.82) is 0 Å². The van der Waals surface area contributed by atoms with Crippen molar-refractivity contribution >= 4 is 33.1 Å². The molecule has 22 heavy (non-hydrogen) atoms. The Morgan fingerprint density at radius 2 is 2.23 bits per heavy atom. The van der Waals surface area contributed by atoms with Gasteiger partial charge in [0.1, 0.15) is 9.71 Å². The Bertz CT molecular complexity index is 716. The predicted octanol–water partition coefficient (Wildman–Crippen LogP) is 2.22. The number of carbonyl (C=O) groups excluding carboxylic acids is 1. The molecule has 3 heterocycles. The molecule has 0 aromatic carbocycles. The minimum absolute atomic E-state index is 0.0525. The van der Waals surface area contributed by atoms with Gasteiger partial charge in [-0.3, -0.25) is 4.79 Å². The largest absolute Gasteiger partial charge is 0.397 e. The smallest absolute Gasteiger partial charge is 0.265 e. The number of hydrogen-bond donors (Lipinski definition) is 2. The van der Waals surface area contributed by atoms with Gasteiger partial charge in [-0.1, -0.05) is 6.92 Å². The molecule has 0 saturated carbocycles. The Hall–Kier alpha value is -1.66. The van der Waals surface area contributed by atoms with Crippen LogP contribution in [0, 0.1) is 0 Å². The Labute approximate surface area is 134 Å². The molecule has 2 aromatic heterocycles. The normalized spacial score (nSPS) is 22.0. The quantitative estimate of drug-likeness (QED) is 0.891. The van der Waals surface area contributed by atoms with Crippen molar-refractivity contribution in [2.75, 3.05) is 32.9 Å². The van der Waals surface area contributed by atoms with E-state index in [9.17, 15) is 4.79 Å². The zero-order valence-corrected chi connectivity index (χ0v) is 14.1. The van der Waals surface area contributed by atoms with E-state index in [4.69, 9.17) is 10.7 Å². The van der Waals surface area contributed by atoms with E-state index in [-0.39, 0.29) is 11.3 Å². The summed E-state index contributed by atoms with van der Waals surface area (Å²) < 4.78 is 0. The molecule has 1 saturated heterocycles. The molecular weight excluding hydrogens is 296 g/mol. The van der Waals surface area contributed by atoms with Gasteiger partial charge in [0.2, 0.25) is 0 Å². The number of nitrogens with zero attached hydrogens (tertiary/aromatic N) is 2. The van der Waals surface area contributed by atoms with Crippen molar-refractivity contribution < 1.29 is 4.79 Å². The third-order valence-corrected chi connectivity index (χ3v) is 5.51. The SMILES string of the molecule is CN(C)C(=O)c1sc2nc(C3(C)CCCNC3)ccc2c1N. The second kappa shape index (κ2) is 5.52. The number of fused-ring (bicyclic) bond motifs is 1. The minimum Gasteiger partial charge on any atom is -0.397 e. The first kappa shape index (κ1) is 15.2. The maximum Gasteiger partial charge on any atom is 0.265 e. The number of nitrogens with two attached hydrogens (primary N) is 1. The number of anilines is 1. The fourth-order valence-corrected chi connectivity index (χ4v) is 4.09. The molecule has 0 bridgehead atoms. The topological polar surface area (TPSA) is 71.2 Å². The van der Waals surface area contributed by atoms with Gasteiger partial charge in [-0.2, -0.15) is 0 Å². The summed E-state index contributed by atoms with van der Waals surface area (Å²) in [5, 5.41) is 4.33. The number of hydrogen-bond acceptors (Lipinski definition) is 5. The molecule has 1 fully saturated rings. The molecular formula is C16H22N4OS. The zero-order valence-electron chi connectivity index (χ0n) is 13.3. The summed E-state index contributed by atoms with van der Waals surface area (Å²) in [6.07, 6.45) is 2.29. The lowest BCUT2D eigenvalue weighted by atomic mass is 9.79. The predicted molar refractivity (Wildman–Crippen MR) is 91.5 cm³/mol. The number of piperidine rings is 1. The Balaban J connectivity index is 2.05. The number of rotatable bonds is 2. The van der Waals surface area contributed by atoms with Gasteiger partial charge in [0, 0.05) is 37.1 Å². The second-order valence-corrected chi connectivity index (χ2v) is 7.43. The fourth-order valence-electron chi connectivity index (χ4n) is 2.97. The molecule has 0 radical (unpaired) electrons. The van der Waals surface area contributed by atoms with E-state index in [0.717, 1.165) is 41.8 Å². The van der Waals surface area contributed by atoms with Crippen molar-refractivity contribution in [3.05, 3.63) is 22.7 Å². The van der Waals surface area contributed by atoms with Gasteiger partial charge >= 0.3 is 0 Å². The maximum atomic E-state index is 12.2. The third-order valence-electron chi connectivity index (χ3n) is 4.41. The highest BCUT2D eigenvalue weighted by atomic mass is 32.1. The summed E-state index contributed by atoms with van der Waals surface area (Å²) >= 11 is 1.39. The number of amides is 1. The number of aromatic nitrogens is 1. The number of pyridine rings is 1. The third kappa shape index (κ3) is 2.46. The van der Waals surface area contributed by atoms with Crippen LogP contribution < -0.4 is 11.1 Å². The molecule has 0 aliphatic carbocycles. The van der Waals surface area contributed by atoms with E-state index < -0.39 is 0 Å². The molecule has 1 unspecified atom stereocenters. The van der Waals surface area contributed by atoms with Crippen LogP contribution in [0.15, 0.2) is 12.1 Å². The van der Waals surface area contributed by atoms with Crippen molar-refractivity contribution in [3.63, 3.8) is 0 Å². The molecule has 1 aliphatic rings. The van der Waals surface area contributed by atoms with Gasteiger partial charge in [0.25, 0.3) is 5.91 Å². The second-order valence-electron chi connectivity index (χ2n) is 6.43. The first-order valence-electron chi connectivity index (χ1n) is 7.54. The Morgan fingerprint density at radius 3 is 2.86 bits per heavy atom. The van der Waals surface area contributed by atoms with Crippen LogP contribution in [0.5, 0.6) is 0 Å². The van der Waals surface area contributed by atoms with Gasteiger partial charge in [0.15, 0.2) is 0 Å². The average Bonchev–Trinajstić information content (AvgIpc) is 2.84. The minimum atomic E-state index is -0.0624. The van der Waals surface area contributed by atoms with Crippen LogP contribution in [0.2, 0.25) is 0 Å². The number of carbonyl (C=O) groups is 1. The van der Waals surface area contributed by atoms with Crippen LogP contribution >= 0.6 is 11.3 Å². The highest BCUT2D eigenvalue weighted by molar-refractivity contribution is 7.21. The fraction of sp³-hybridized carbons (Fsp3) is 0.500. The van der Waals surface area contributed by atoms with Crippen molar-refractivity contribution in [1.82, 2.24) is 15.2 Å². The van der Waals surface area contributed by atoms with Gasteiger partial charge in [-0.15, -0.1) is 11.3 Å². The molecule has 3 rings (SSSR count). The summed E-state index contributed by atoms with van der Waals surface area (Å²) in [6.45, 7) is 4.26.